The Kier molecular flexibility index (Phi) is 7.76. The van der Waals surface area contributed by atoms with E-state index in [0.717, 1.165) is 33.3 Å². The minimum Gasteiger partial charge on any atom is -0.345 e. The molecule has 172 valence electrons. The zero-order valence-corrected chi connectivity index (χ0v) is 17.7. The van der Waals surface area contributed by atoms with Crippen molar-refractivity contribution in [2.24, 2.45) is 4.99 Å². The van der Waals surface area contributed by atoms with E-state index in [1.54, 1.807) is 6.21 Å². The number of nitrogens with one attached hydrogen (secondary N) is 2. The van der Waals surface area contributed by atoms with Crippen LogP contribution in [0.2, 0.25) is 5.15 Å². The third kappa shape index (κ3) is 4.67. The van der Waals surface area contributed by atoms with Crippen molar-refractivity contribution in [2.45, 2.75) is 21.3 Å². The molecule has 4 heterocycles. The number of nitrogens with zero attached hydrogens (tertiary/aromatic N) is 3. The first-order valence-electron chi connectivity index (χ1n) is 10.1. The lowest BCUT2D eigenvalue weighted by Gasteiger charge is -2.06. The van der Waals surface area contributed by atoms with Crippen molar-refractivity contribution in [2.75, 3.05) is 0 Å². The third-order valence-corrected chi connectivity index (χ3v) is 5.52. The summed E-state index contributed by atoms with van der Waals surface area (Å²) in [6.07, 6.45) is 7.25. The van der Waals surface area contributed by atoms with E-state index in [9.17, 15) is 4.79 Å². The van der Waals surface area contributed by atoms with Crippen molar-refractivity contribution in [1.29, 1.82) is 0 Å². The summed E-state index contributed by atoms with van der Waals surface area (Å²) in [6, 6.07) is 19.9. The fraction of sp³-hybridized carbons (Fsp3) is 0.111. The highest BCUT2D eigenvalue weighted by Gasteiger charge is 2.21. The smallest absolute Gasteiger partial charge is 0.172 e. The molecule has 7 heteroatoms. The lowest BCUT2D eigenvalue weighted by molar-refractivity contribution is 0.100. The van der Waals surface area contributed by atoms with Gasteiger partial charge in [-0.15, -0.1) is 0 Å². The normalized spacial score (nSPS) is 11.6. The second-order valence-corrected chi connectivity index (χ2v) is 7.55. The summed E-state index contributed by atoms with van der Waals surface area (Å²) in [5, 5.41) is 1.35. The van der Waals surface area contributed by atoms with Crippen molar-refractivity contribution in [3.63, 3.8) is 0 Å². The first-order valence-corrected chi connectivity index (χ1v) is 10.5. The maximum atomic E-state index is 11.8. The maximum Gasteiger partial charge on any atom is 0.172 e. The first kappa shape index (κ1) is 24.6. The molecule has 0 aliphatic carbocycles. The van der Waals surface area contributed by atoms with Gasteiger partial charge in [-0.25, -0.2) is 15.0 Å². The van der Waals surface area contributed by atoms with Crippen LogP contribution in [0, 0.1) is 0 Å². The zero-order chi connectivity index (χ0) is 21.9. The first-order chi connectivity index (χ1) is 15.7. The van der Waals surface area contributed by atoms with E-state index >= 15 is 0 Å². The van der Waals surface area contributed by atoms with Gasteiger partial charge in [0.2, 0.25) is 0 Å². The molecule has 1 aliphatic heterocycles. The van der Waals surface area contributed by atoms with Crippen LogP contribution in [0.4, 0.5) is 5.82 Å². The number of carbonyl (C=O) groups excluding carboxylic acids is 1. The Balaban J connectivity index is 0.000000180. The molecule has 34 heavy (non-hydrogen) atoms. The molecular weight excluding hydrogens is 446 g/mol. The average molecular weight is 472 g/mol. The second-order valence-electron chi connectivity index (χ2n) is 7.19. The number of hydrogen-bond acceptors (Lipinski definition) is 4. The van der Waals surface area contributed by atoms with Gasteiger partial charge in [0.1, 0.15) is 22.9 Å². The van der Waals surface area contributed by atoms with Crippen LogP contribution in [0.25, 0.3) is 33.3 Å². The van der Waals surface area contributed by atoms with Gasteiger partial charge in [0.15, 0.2) is 5.78 Å². The van der Waals surface area contributed by atoms with Crippen LogP contribution in [0.15, 0.2) is 84.4 Å². The molecule has 2 aromatic carbocycles. The molecule has 2 N–H and O–H groups in total. The van der Waals surface area contributed by atoms with E-state index in [4.69, 9.17) is 11.6 Å². The average Bonchev–Trinajstić information content (AvgIpc) is 3.47. The van der Waals surface area contributed by atoms with E-state index in [1.165, 1.54) is 6.33 Å². The van der Waals surface area contributed by atoms with Crippen molar-refractivity contribution in [3.8, 4) is 22.3 Å². The summed E-state index contributed by atoms with van der Waals surface area (Å²) in [4.78, 5) is 30.3. The Hall–Kier alpha value is -4.03. The van der Waals surface area contributed by atoms with Gasteiger partial charge in [0.25, 0.3) is 0 Å². The van der Waals surface area contributed by atoms with E-state index in [1.807, 2.05) is 73.1 Å². The fourth-order valence-electron chi connectivity index (χ4n) is 3.73. The summed E-state index contributed by atoms with van der Waals surface area (Å²) in [6.45, 7) is 0. The van der Waals surface area contributed by atoms with Gasteiger partial charge in [-0.1, -0.05) is 87.1 Å². The number of halogens is 1. The molecule has 1 aliphatic rings. The highest BCUT2D eigenvalue weighted by atomic mass is 35.5. The van der Waals surface area contributed by atoms with Gasteiger partial charge >= 0.3 is 0 Å². The molecule has 5 aromatic rings. The van der Waals surface area contributed by atoms with Crippen molar-refractivity contribution < 1.29 is 4.79 Å². The van der Waals surface area contributed by atoms with Crippen LogP contribution < -0.4 is 0 Å². The highest BCUT2D eigenvalue weighted by Crippen LogP contribution is 2.33. The SMILES string of the molecule is C.C.Clc1ncnc2[nH]cc(-c3ccccc3)c12.O=C1CC=Nc2[nH]cc(-c3ccccc3)c21. The molecule has 0 amide bonds. The molecule has 3 aromatic heterocycles. The molecule has 0 unspecified atom stereocenters. The zero-order valence-electron chi connectivity index (χ0n) is 16.9. The van der Waals surface area contributed by atoms with Crippen molar-refractivity contribution in [3.05, 3.63) is 90.1 Å². The Bertz CT molecular complexity index is 1420. The Morgan fingerprint density at radius 3 is 2.09 bits per heavy atom. The number of fused-ring (bicyclic) bond motifs is 2. The summed E-state index contributed by atoms with van der Waals surface area (Å²) >= 11 is 6.08. The van der Waals surface area contributed by atoms with E-state index in [2.05, 4.69) is 24.9 Å². The van der Waals surface area contributed by atoms with E-state index in [-0.39, 0.29) is 20.6 Å². The maximum absolute atomic E-state index is 11.8. The fourth-order valence-corrected chi connectivity index (χ4v) is 3.97. The van der Waals surface area contributed by atoms with E-state index in [0.29, 0.717) is 23.0 Å². The standard InChI is InChI=1S/C13H10N2O.C12H8ClN3.2CH4/c16-11-6-7-14-13-12(11)10(8-15-13)9-4-2-1-3-5-9;13-11-10-9(8-4-2-1-3-5-8)6-14-12(10)16-7-15-11;;/h1-5,7-8,15H,6H2;1-7H,(H,14,15,16);2*1H4. The van der Waals surface area contributed by atoms with Crippen LogP contribution in [0.1, 0.15) is 31.6 Å². The molecule has 0 saturated carbocycles. The Morgan fingerprint density at radius 1 is 0.794 bits per heavy atom. The highest BCUT2D eigenvalue weighted by molar-refractivity contribution is 6.35. The predicted molar refractivity (Wildman–Crippen MR) is 141 cm³/mol. The lowest BCUT2D eigenvalue weighted by atomic mass is 9.99. The molecule has 0 radical (unpaired) electrons. The number of hydrogen-bond donors (Lipinski definition) is 2. The number of H-pyrrole nitrogens is 2. The molecule has 0 fully saturated rings. The number of carbonyl (C=O) groups is 1. The minimum absolute atomic E-state index is 0. The predicted octanol–water partition coefficient (Wildman–Crippen LogP) is 7.52. The van der Waals surface area contributed by atoms with Crippen LogP contribution in [-0.4, -0.2) is 31.9 Å². The van der Waals surface area contributed by atoms with Crippen LogP contribution in [0.5, 0.6) is 0 Å². The molecule has 6 nitrogen and oxygen atoms in total. The number of ketones is 1. The summed E-state index contributed by atoms with van der Waals surface area (Å²) in [5.74, 6) is 0.806. The molecule has 0 atom stereocenters. The Labute approximate surface area is 203 Å². The lowest BCUT2D eigenvalue weighted by Crippen LogP contribution is -2.04. The Morgan fingerprint density at radius 2 is 1.41 bits per heavy atom. The third-order valence-electron chi connectivity index (χ3n) is 5.23. The molecular formula is C27H26ClN5O. The molecule has 0 bridgehead atoms. The largest absolute Gasteiger partial charge is 0.345 e. The topological polar surface area (TPSA) is 86.8 Å². The number of benzene rings is 2. The number of aromatic nitrogens is 4. The molecule has 6 rings (SSSR count). The summed E-state index contributed by atoms with van der Waals surface area (Å²) < 4.78 is 0. The van der Waals surface area contributed by atoms with Gasteiger partial charge in [0, 0.05) is 36.2 Å². The molecule has 0 spiro atoms. The number of Topliss-reactive ketones (excluding diaryl/α,β-unsaturated/α-hetero) is 1. The van der Waals surface area contributed by atoms with Gasteiger partial charge in [-0.3, -0.25) is 4.79 Å². The van der Waals surface area contributed by atoms with Gasteiger partial charge in [-0.2, -0.15) is 0 Å². The summed E-state index contributed by atoms with van der Waals surface area (Å²) in [5.41, 5.74) is 5.60. The molecule has 0 saturated heterocycles. The van der Waals surface area contributed by atoms with Crippen LogP contribution in [-0.2, 0) is 0 Å². The van der Waals surface area contributed by atoms with Crippen molar-refractivity contribution in [1.82, 2.24) is 19.9 Å². The van der Waals surface area contributed by atoms with Gasteiger partial charge in [0.05, 0.1) is 10.9 Å². The minimum atomic E-state index is 0. The van der Waals surface area contributed by atoms with Crippen LogP contribution in [0.3, 0.4) is 0 Å². The second kappa shape index (κ2) is 10.7. The number of aromatic amines is 2. The van der Waals surface area contributed by atoms with Crippen LogP contribution >= 0.6 is 11.6 Å². The quantitative estimate of drug-likeness (QED) is 0.261. The summed E-state index contributed by atoms with van der Waals surface area (Å²) in [7, 11) is 0. The number of rotatable bonds is 2. The van der Waals surface area contributed by atoms with Gasteiger partial charge < -0.3 is 9.97 Å². The van der Waals surface area contributed by atoms with Gasteiger partial charge in [-0.05, 0) is 11.1 Å². The van der Waals surface area contributed by atoms with E-state index < -0.39 is 0 Å². The number of aliphatic imine (C=N–C) groups is 1. The van der Waals surface area contributed by atoms with Crippen molar-refractivity contribution >= 4 is 40.5 Å². The monoisotopic (exact) mass is 471 g/mol.